The minimum absolute atomic E-state index is 0.237. The van der Waals surface area contributed by atoms with Gasteiger partial charge in [-0.15, -0.1) is 5.10 Å². The topological polar surface area (TPSA) is 73.8 Å². The Labute approximate surface area is 82.3 Å². The van der Waals surface area contributed by atoms with Gasteiger partial charge in [0.05, 0.1) is 11.9 Å². The first-order valence-corrected chi connectivity index (χ1v) is 4.88. The lowest BCUT2D eigenvalue weighted by molar-refractivity contribution is -0.120. The Morgan fingerprint density at radius 1 is 1.64 bits per heavy atom. The van der Waals surface area contributed by atoms with E-state index in [1.165, 1.54) is 12.8 Å². The summed E-state index contributed by atoms with van der Waals surface area (Å²) in [6.45, 7) is 0.709. The first-order chi connectivity index (χ1) is 6.78. The van der Waals surface area contributed by atoms with Crippen molar-refractivity contribution in [3.05, 3.63) is 11.9 Å². The van der Waals surface area contributed by atoms with E-state index < -0.39 is 0 Å². The largest absolute Gasteiger partial charge is 0.325 e. The average molecular weight is 194 g/mol. The van der Waals surface area contributed by atoms with E-state index in [9.17, 15) is 4.79 Å². The molecule has 1 aromatic rings. The van der Waals surface area contributed by atoms with Gasteiger partial charge in [0.15, 0.2) is 5.78 Å². The van der Waals surface area contributed by atoms with E-state index >= 15 is 0 Å². The van der Waals surface area contributed by atoms with Crippen molar-refractivity contribution in [3.8, 4) is 0 Å². The summed E-state index contributed by atoms with van der Waals surface area (Å²) in [7, 11) is 0. The molecule has 1 saturated carbocycles. The highest BCUT2D eigenvalue weighted by Crippen LogP contribution is 2.32. The second-order valence-electron chi connectivity index (χ2n) is 3.80. The number of Topliss-reactive ketones (excluding diaryl/α,β-unsaturated/α-hetero) is 1. The van der Waals surface area contributed by atoms with E-state index in [0.717, 1.165) is 5.69 Å². The Kier molecular flexibility index (Phi) is 2.58. The summed E-state index contributed by atoms with van der Waals surface area (Å²) in [6, 6.07) is 0. The molecular formula is C9H14N4O. The van der Waals surface area contributed by atoms with Gasteiger partial charge in [-0.3, -0.25) is 4.79 Å². The molecule has 0 bridgehead atoms. The number of rotatable bonds is 5. The Morgan fingerprint density at radius 3 is 3.00 bits per heavy atom. The normalized spacial score (nSPS) is 15.8. The minimum atomic E-state index is 0.237. The van der Waals surface area contributed by atoms with Gasteiger partial charge in [-0.05, 0) is 18.8 Å². The number of carbonyl (C=O) groups is 1. The third-order valence-electron chi connectivity index (χ3n) is 2.35. The summed E-state index contributed by atoms with van der Waals surface area (Å²) in [4.78, 5) is 11.4. The van der Waals surface area contributed by atoms with E-state index in [4.69, 9.17) is 5.73 Å². The van der Waals surface area contributed by atoms with Crippen LogP contribution >= 0.6 is 0 Å². The summed E-state index contributed by atoms with van der Waals surface area (Å²) in [5.74, 6) is 0.876. The predicted octanol–water partition coefficient (Wildman–Crippen LogP) is 0.106. The molecule has 5 heteroatoms. The quantitative estimate of drug-likeness (QED) is 0.721. The van der Waals surface area contributed by atoms with Gasteiger partial charge < -0.3 is 5.73 Å². The van der Waals surface area contributed by atoms with Gasteiger partial charge in [-0.25, -0.2) is 4.68 Å². The minimum Gasteiger partial charge on any atom is -0.325 e. The maximum absolute atomic E-state index is 11.4. The fourth-order valence-electron chi connectivity index (χ4n) is 1.40. The van der Waals surface area contributed by atoms with Crippen molar-refractivity contribution in [1.29, 1.82) is 0 Å². The molecule has 1 aliphatic carbocycles. The molecule has 5 nitrogen and oxygen atoms in total. The summed E-state index contributed by atoms with van der Waals surface area (Å²) < 4.78 is 1.56. The van der Waals surface area contributed by atoms with E-state index in [2.05, 4.69) is 10.3 Å². The summed E-state index contributed by atoms with van der Waals surface area (Å²) in [5, 5.41) is 7.64. The SMILES string of the molecule is NCc1cn(CC(=O)CC2CC2)nn1. The smallest absolute Gasteiger partial charge is 0.154 e. The second-order valence-corrected chi connectivity index (χ2v) is 3.80. The van der Waals surface area contributed by atoms with Crippen LogP contribution in [0.15, 0.2) is 6.20 Å². The van der Waals surface area contributed by atoms with Crippen LogP contribution < -0.4 is 5.73 Å². The van der Waals surface area contributed by atoms with Gasteiger partial charge in [0.25, 0.3) is 0 Å². The van der Waals surface area contributed by atoms with Gasteiger partial charge in [-0.1, -0.05) is 5.21 Å². The monoisotopic (exact) mass is 194 g/mol. The summed E-state index contributed by atoms with van der Waals surface area (Å²) in [6.07, 6.45) is 4.83. The van der Waals surface area contributed by atoms with Gasteiger partial charge >= 0.3 is 0 Å². The van der Waals surface area contributed by atoms with Crippen LogP contribution in [-0.2, 0) is 17.9 Å². The molecule has 76 valence electrons. The van der Waals surface area contributed by atoms with Crippen LogP contribution in [0.4, 0.5) is 0 Å². The van der Waals surface area contributed by atoms with Crippen LogP contribution in [-0.4, -0.2) is 20.8 Å². The number of hydrogen-bond acceptors (Lipinski definition) is 4. The summed E-state index contributed by atoms with van der Waals surface area (Å²) in [5.41, 5.74) is 6.11. The molecule has 0 spiro atoms. The Balaban J connectivity index is 1.85. The standard InChI is InChI=1S/C9H14N4O/c10-4-8-5-13(12-11-8)6-9(14)3-7-1-2-7/h5,7H,1-4,6,10H2. The molecule has 14 heavy (non-hydrogen) atoms. The molecule has 1 heterocycles. The van der Waals surface area contributed by atoms with Gasteiger partial charge in [0.2, 0.25) is 0 Å². The Bertz CT molecular complexity index is 329. The maximum Gasteiger partial charge on any atom is 0.154 e. The molecule has 0 aliphatic heterocycles. The number of ketones is 1. The average Bonchev–Trinajstić information content (AvgIpc) is 2.83. The molecular weight excluding hydrogens is 180 g/mol. The molecule has 0 unspecified atom stereocenters. The number of hydrogen-bond donors (Lipinski definition) is 1. The second kappa shape index (κ2) is 3.88. The van der Waals surface area contributed by atoms with Crippen molar-refractivity contribution in [1.82, 2.24) is 15.0 Å². The molecule has 1 aromatic heterocycles. The van der Waals surface area contributed by atoms with E-state index in [0.29, 0.717) is 25.4 Å². The van der Waals surface area contributed by atoms with Crippen LogP contribution in [0.5, 0.6) is 0 Å². The third-order valence-corrected chi connectivity index (χ3v) is 2.35. The number of aromatic nitrogens is 3. The van der Waals surface area contributed by atoms with Crippen molar-refractivity contribution in [2.24, 2.45) is 11.7 Å². The highest BCUT2D eigenvalue weighted by molar-refractivity contribution is 5.78. The molecule has 1 fully saturated rings. The van der Waals surface area contributed by atoms with Gasteiger partial charge in [-0.2, -0.15) is 0 Å². The molecule has 0 radical (unpaired) electrons. The fraction of sp³-hybridized carbons (Fsp3) is 0.667. The maximum atomic E-state index is 11.4. The van der Waals surface area contributed by atoms with Gasteiger partial charge in [0.1, 0.15) is 6.54 Å². The predicted molar refractivity (Wildman–Crippen MR) is 50.3 cm³/mol. The lowest BCUT2D eigenvalue weighted by atomic mass is 10.2. The number of nitrogens with two attached hydrogens (primary N) is 1. The fourth-order valence-corrected chi connectivity index (χ4v) is 1.40. The van der Waals surface area contributed by atoms with E-state index in [-0.39, 0.29) is 5.78 Å². The van der Waals surface area contributed by atoms with Crippen molar-refractivity contribution in [2.45, 2.75) is 32.4 Å². The van der Waals surface area contributed by atoms with Crippen LogP contribution in [0.1, 0.15) is 25.0 Å². The lowest BCUT2D eigenvalue weighted by Crippen LogP contribution is -2.11. The zero-order valence-electron chi connectivity index (χ0n) is 8.02. The first-order valence-electron chi connectivity index (χ1n) is 4.88. The van der Waals surface area contributed by atoms with Crippen LogP contribution in [0.2, 0.25) is 0 Å². The number of nitrogens with zero attached hydrogens (tertiary/aromatic N) is 3. The summed E-state index contributed by atoms with van der Waals surface area (Å²) >= 11 is 0. The zero-order valence-corrected chi connectivity index (χ0v) is 8.02. The highest BCUT2D eigenvalue weighted by Gasteiger charge is 2.24. The molecule has 0 atom stereocenters. The molecule has 1 aliphatic rings. The Hall–Kier alpha value is -1.23. The Morgan fingerprint density at radius 2 is 2.43 bits per heavy atom. The molecule has 0 amide bonds. The zero-order chi connectivity index (χ0) is 9.97. The van der Waals surface area contributed by atoms with Crippen LogP contribution in [0.25, 0.3) is 0 Å². The van der Waals surface area contributed by atoms with Crippen molar-refractivity contribution in [3.63, 3.8) is 0 Å². The molecule has 0 saturated heterocycles. The third kappa shape index (κ3) is 2.38. The first kappa shape index (κ1) is 9.33. The number of carbonyl (C=O) groups excluding carboxylic acids is 1. The van der Waals surface area contributed by atoms with Crippen LogP contribution in [0.3, 0.4) is 0 Å². The van der Waals surface area contributed by atoms with E-state index in [1.54, 1.807) is 10.9 Å². The highest BCUT2D eigenvalue weighted by atomic mass is 16.1. The lowest BCUT2D eigenvalue weighted by Gasteiger charge is -1.97. The van der Waals surface area contributed by atoms with Crippen molar-refractivity contribution in [2.75, 3.05) is 0 Å². The molecule has 0 aromatic carbocycles. The van der Waals surface area contributed by atoms with Crippen LogP contribution in [0, 0.1) is 5.92 Å². The van der Waals surface area contributed by atoms with Crippen molar-refractivity contribution < 1.29 is 4.79 Å². The van der Waals surface area contributed by atoms with E-state index in [1.807, 2.05) is 0 Å². The molecule has 2 N–H and O–H groups in total. The molecule has 2 rings (SSSR count). The van der Waals surface area contributed by atoms with Crippen molar-refractivity contribution >= 4 is 5.78 Å². The van der Waals surface area contributed by atoms with Gasteiger partial charge in [0, 0.05) is 13.0 Å².